The first kappa shape index (κ1) is 16.2. The van der Waals surface area contributed by atoms with Gasteiger partial charge >= 0.3 is 0 Å². The SMILES string of the molecule is CCCCCCCCCCn1cnc(S(N)(=O)=O)c1. The van der Waals surface area contributed by atoms with E-state index in [1.54, 1.807) is 4.57 Å². The summed E-state index contributed by atoms with van der Waals surface area (Å²) < 4.78 is 23.9. The van der Waals surface area contributed by atoms with E-state index in [9.17, 15) is 8.42 Å². The topological polar surface area (TPSA) is 78.0 Å². The highest BCUT2D eigenvalue weighted by molar-refractivity contribution is 7.89. The molecule has 0 unspecified atom stereocenters. The molecule has 19 heavy (non-hydrogen) atoms. The van der Waals surface area contributed by atoms with Crippen LogP contribution in [0, 0.1) is 0 Å². The Morgan fingerprint density at radius 2 is 1.68 bits per heavy atom. The van der Waals surface area contributed by atoms with E-state index in [4.69, 9.17) is 5.14 Å². The summed E-state index contributed by atoms with van der Waals surface area (Å²) in [6, 6.07) is 0. The zero-order chi connectivity index (χ0) is 14.1. The molecule has 6 heteroatoms. The lowest BCUT2D eigenvalue weighted by Gasteiger charge is -2.02. The molecule has 0 aliphatic carbocycles. The van der Waals surface area contributed by atoms with E-state index in [1.807, 2.05) is 0 Å². The van der Waals surface area contributed by atoms with Crippen molar-refractivity contribution < 1.29 is 8.42 Å². The third kappa shape index (κ3) is 6.73. The van der Waals surface area contributed by atoms with Gasteiger partial charge in [-0.15, -0.1) is 0 Å². The maximum atomic E-state index is 11.0. The third-order valence-corrected chi connectivity index (χ3v) is 3.96. The van der Waals surface area contributed by atoms with Gasteiger partial charge in [0.15, 0.2) is 5.03 Å². The zero-order valence-electron chi connectivity index (χ0n) is 11.7. The average molecular weight is 287 g/mol. The van der Waals surface area contributed by atoms with E-state index in [-0.39, 0.29) is 5.03 Å². The van der Waals surface area contributed by atoms with E-state index in [1.165, 1.54) is 57.5 Å². The van der Waals surface area contributed by atoms with Crippen LogP contribution in [0.3, 0.4) is 0 Å². The molecule has 0 bridgehead atoms. The van der Waals surface area contributed by atoms with E-state index >= 15 is 0 Å². The second kappa shape index (κ2) is 8.32. The monoisotopic (exact) mass is 287 g/mol. The minimum atomic E-state index is -3.66. The Hall–Kier alpha value is -0.880. The fourth-order valence-electron chi connectivity index (χ4n) is 2.04. The van der Waals surface area contributed by atoms with Crippen LogP contribution in [0.4, 0.5) is 0 Å². The van der Waals surface area contributed by atoms with E-state index in [0.717, 1.165) is 13.0 Å². The van der Waals surface area contributed by atoms with Gasteiger partial charge in [0.05, 0.1) is 6.33 Å². The lowest BCUT2D eigenvalue weighted by atomic mass is 10.1. The summed E-state index contributed by atoms with van der Waals surface area (Å²) in [6.07, 6.45) is 13.1. The molecule has 0 aromatic carbocycles. The van der Waals surface area contributed by atoms with Gasteiger partial charge in [0, 0.05) is 12.7 Å². The van der Waals surface area contributed by atoms with Crippen molar-refractivity contribution in [2.75, 3.05) is 0 Å². The lowest BCUT2D eigenvalue weighted by molar-refractivity contribution is 0.543. The molecule has 0 radical (unpaired) electrons. The number of hydrogen-bond acceptors (Lipinski definition) is 3. The van der Waals surface area contributed by atoms with Gasteiger partial charge in [-0.3, -0.25) is 0 Å². The van der Waals surface area contributed by atoms with Gasteiger partial charge in [-0.1, -0.05) is 51.9 Å². The van der Waals surface area contributed by atoms with E-state index < -0.39 is 10.0 Å². The Balaban J connectivity index is 2.11. The standard InChI is InChI=1S/C13H25N3O2S/c1-2-3-4-5-6-7-8-9-10-16-11-13(15-12-16)19(14,17)18/h11-12H,2-10H2,1H3,(H2,14,17,18). The van der Waals surface area contributed by atoms with Gasteiger partial charge in [0.1, 0.15) is 0 Å². The van der Waals surface area contributed by atoms with Gasteiger partial charge in [-0.25, -0.2) is 18.5 Å². The first-order chi connectivity index (χ1) is 9.04. The Morgan fingerprint density at radius 3 is 2.21 bits per heavy atom. The van der Waals surface area contributed by atoms with Crippen molar-refractivity contribution >= 4 is 10.0 Å². The van der Waals surface area contributed by atoms with Crippen LogP contribution >= 0.6 is 0 Å². The van der Waals surface area contributed by atoms with Crippen LogP contribution in [-0.2, 0) is 16.6 Å². The molecule has 0 aliphatic heterocycles. The molecule has 1 rings (SSSR count). The van der Waals surface area contributed by atoms with Crippen LogP contribution < -0.4 is 5.14 Å². The summed E-state index contributed by atoms with van der Waals surface area (Å²) >= 11 is 0. The summed E-state index contributed by atoms with van der Waals surface area (Å²) in [5.41, 5.74) is 0. The zero-order valence-corrected chi connectivity index (χ0v) is 12.5. The van der Waals surface area contributed by atoms with Crippen LogP contribution in [0.2, 0.25) is 0 Å². The number of aryl methyl sites for hydroxylation is 1. The molecule has 1 aromatic heterocycles. The molecule has 2 N–H and O–H groups in total. The van der Waals surface area contributed by atoms with E-state index in [2.05, 4.69) is 11.9 Å². The van der Waals surface area contributed by atoms with Gasteiger partial charge in [-0.05, 0) is 6.42 Å². The van der Waals surface area contributed by atoms with Gasteiger partial charge in [0.25, 0.3) is 10.0 Å². The maximum Gasteiger partial charge on any atom is 0.257 e. The predicted molar refractivity (Wildman–Crippen MR) is 76.2 cm³/mol. The molecule has 1 aromatic rings. The molecule has 0 fully saturated rings. The number of rotatable bonds is 10. The lowest BCUT2D eigenvalue weighted by Crippen LogP contribution is -2.12. The number of imidazole rings is 1. The fraction of sp³-hybridized carbons (Fsp3) is 0.769. The van der Waals surface area contributed by atoms with Crippen LogP contribution in [0.5, 0.6) is 0 Å². The smallest absolute Gasteiger partial charge is 0.257 e. The summed E-state index contributed by atoms with van der Waals surface area (Å²) in [5, 5.41) is 4.95. The van der Waals surface area contributed by atoms with Gasteiger partial charge in [0.2, 0.25) is 0 Å². The molecule has 0 aliphatic rings. The number of nitrogens with two attached hydrogens (primary N) is 1. The second-order valence-corrected chi connectivity index (χ2v) is 6.48. The summed E-state index contributed by atoms with van der Waals surface area (Å²) in [6.45, 7) is 3.03. The Labute approximate surface area is 116 Å². The summed E-state index contributed by atoms with van der Waals surface area (Å²) in [7, 11) is -3.66. The number of unbranched alkanes of at least 4 members (excludes halogenated alkanes) is 7. The molecule has 0 saturated carbocycles. The van der Waals surface area contributed by atoms with E-state index in [0.29, 0.717) is 0 Å². The quantitative estimate of drug-likeness (QED) is 0.672. The molecule has 0 spiro atoms. The van der Waals surface area contributed by atoms with Crippen molar-refractivity contribution in [2.45, 2.75) is 69.9 Å². The molecule has 0 amide bonds. The number of hydrogen-bond donors (Lipinski definition) is 1. The number of sulfonamides is 1. The van der Waals surface area contributed by atoms with Crippen LogP contribution in [-0.4, -0.2) is 18.0 Å². The number of nitrogens with zero attached hydrogens (tertiary/aromatic N) is 2. The first-order valence-corrected chi connectivity index (χ1v) is 8.63. The van der Waals surface area contributed by atoms with Crippen molar-refractivity contribution in [3.63, 3.8) is 0 Å². The van der Waals surface area contributed by atoms with Crippen molar-refractivity contribution in [3.8, 4) is 0 Å². The Kier molecular flexibility index (Phi) is 7.09. The first-order valence-electron chi connectivity index (χ1n) is 7.08. The van der Waals surface area contributed by atoms with Crippen molar-refractivity contribution in [2.24, 2.45) is 5.14 Å². The molecule has 1 heterocycles. The molecular weight excluding hydrogens is 262 g/mol. The van der Waals surface area contributed by atoms with Gasteiger partial charge in [-0.2, -0.15) is 0 Å². The predicted octanol–water partition coefficient (Wildman–Crippen LogP) is 2.67. The Bertz CT molecular complexity index is 454. The molecular formula is C13H25N3O2S. The van der Waals surface area contributed by atoms with Crippen LogP contribution in [0.15, 0.2) is 17.6 Å². The molecule has 0 atom stereocenters. The highest BCUT2D eigenvalue weighted by Crippen LogP contribution is 2.10. The van der Waals surface area contributed by atoms with Crippen molar-refractivity contribution in [1.29, 1.82) is 0 Å². The van der Waals surface area contributed by atoms with Crippen molar-refractivity contribution in [3.05, 3.63) is 12.5 Å². The Morgan fingerprint density at radius 1 is 1.11 bits per heavy atom. The fourth-order valence-corrected chi connectivity index (χ4v) is 2.51. The summed E-state index contributed by atoms with van der Waals surface area (Å²) in [4.78, 5) is 3.79. The van der Waals surface area contributed by atoms with Gasteiger partial charge < -0.3 is 4.57 Å². The number of aromatic nitrogens is 2. The van der Waals surface area contributed by atoms with Crippen LogP contribution in [0.25, 0.3) is 0 Å². The highest BCUT2D eigenvalue weighted by Gasteiger charge is 2.10. The third-order valence-electron chi connectivity index (χ3n) is 3.17. The minimum Gasteiger partial charge on any atom is -0.336 e. The highest BCUT2D eigenvalue weighted by atomic mass is 32.2. The van der Waals surface area contributed by atoms with Crippen molar-refractivity contribution in [1.82, 2.24) is 9.55 Å². The minimum absolute atomic E-state index is 0.0490. The maximum absolute atomic E-state index is 11.0. The molecule has 110 valence electrons. The second-order valence-electron chi connectivity index (χ2n) is 4.97. The molecule has 5 nitrogen and oxygen atoms in total. The largest absolute Gasteiger partial charge is 0.336 e. The number of primary sulfonamides is 1. The normalized spacial score (nSPS) is 11.9. The summed E-state index contributed by atoms with van der Waals surface area (Å²) in [5.74, 6) is 0. The molecule has 0 saturated heterocycles. The van der Waals surface area contributed by atoms with Crippen LogP contribution in [0.1, 0.15) is 58.3 Å². The average Bonchev–Trinajstić information content (AvgIpc) is 2.81.